The van der Waals surface area contributed by atoms with Gasteiger partial charge >= 0.3 is 0 Å². The van der Waals surface area contributed by atoms with Crippen LogP contribution in [0.2, 0.25) is 0 Å². The summed E-state index contributed by atoms with van der Waals surface area (Å²) in [5, 5.41) is 0. The molecule has 160 valence electrons. The van der Waals surface area contributed by atoms with E-state index in [9.17, 15) is 0 Å². The second-order valence-corrected chi connectivity index (χ2v) is 8.50. The Hall–Kier alpha value is -2.33. The molecular formula is C26H35N3O. The molecule has 1 fully saturated rings. The number of benzene rings is 2. The molecule has 1 aliphatic heterocycles. The van der Waals surface area contributed by atoms with Crippen LogP contribution in [0.25, 0.3) is 11.0 Å². The van der Waals surface area contributed by atoms with E-state index in [1.807, 2.05) is 6.07 Å². The predicted octanol–water partition coefficient (Wildman–Crippen LogP) is 5.62. The van der Waals surface area contributed by atoms with Crippen molar-refractivity contribution in [3.05, 3.63) is 59.9 Å². The Morgan fingerprint density at radius 2 is 1.63 bits per heavy atom. The van der Waals surface area contributed by atoms with Crippen LogP contribution in [0.1, 0.15) is 49.9 Å². The summed E-state index contributed by atoms with van der Waals surface area (Å²) in [5.41, 5.74) is 3.56. The van der Waals surface area contributed by atoms with E-state index in [1.54, 1.807) is 0 Å². The number of nitrogens with zero attached hydrogens (tertiary/aromatic N) is 3. The van der Waals surface area contributed by atoms with Gasteiger partial charge in [0.15, 0.2) is 0 Å². The maximum absolute atomic E-state index is 6.02. The largest absolute Gasteiger partial charge is 0.493 e. The summed E-state index contributed by atoms with van der Waals surface area (Å²) in [5.74, 6) is 2.22. The van der Waals surface area contributed by atoms with Crippen molar-refractivity contribution in [3.63, 3.8) is 0 Å². The molecule has 4 nitrogen and oxygen atoms in total. The van der Waals surface area contributed by atoms with Gasteiger partial charge in [-0.1, -0.05) is 43.2 Å². The number of likely N-dealkylation sites (tertiary alicyclic amines) is 1. The van der Waals surface area contributed by atoms with E-state index in [-0.39, 0.29) is 0 Å². The number of imidazole rings is 1. The molecule has 0 spiro atoms. The standard InChI is InChI=1S/C26H35N3O/c1-22-12-4-7-15-25(22)30-21-11-20-29-24-14-6-5-13-23(24)27-26(29)16-10-19-28-17-8-2-3-9-18-28/h4-7,12-15H,2-3,8-11,16-21H2,1H3. The van der Waals surface area contributed by atoms with Crippen LogP contribution in [0.3, 0.4) is 0 Å². The molecule has 1 saturated heterocycles. The quantitative estimate of drug-likeness (QED) is 0.433. The molecule has 0 unspecified atom stereocenters. The first kappa shape index (κ1) is 20.9. The fourth-order valence-electron chi connectivity index (χ4n) is 4.51. The van der Waals surface area contributed by atoms with Gasteiger partial charge in [-0.15, -0.1) is 0 Å². The van der Waals surface area contributed by atoms with Crippen molar-refractivity contribution in [2.75, 3.05) is 26.2 Å². The first-order chi connectivity index (χ1) is 14.8. The normalized spacial score (nSPS) is 15.4. The third-order valence-corrected chi connectivity index (χ3v) is 6.18. The molecule has 4 heteroatoms. The molecule has 0 radical (unpaired) electrons. The summed E-state index contributed by atoms with van der Waals surface area (Å²) < 4.78 is 8.43. The fraction of sp³-hybridized carbons (Fsp3) is 0.500. The first-order valence-corrected chi connectivity index (χ1v) is 11.7. The lowest BCUT2D eigenvalue weighted by Gasteiger charge is -2.19. The number of aromatic nitrogens is 2. The minimum Gasteiger partial charge on any atom is -0.493 e. The molecule has 0 saturated carbocycles. The minimum atomic E-state index is 0.727. The van der Waals surface area contributed by atoms with Crippen LogP contribution in [0.5, 0.6) is 5.75 Å². The molecular weight excluding hydrogens is 370 g/mol. The van der Waals surface area contributed by atoms with Crippen LogP contribution in [-0.4, -0.2) is 40.7 Å². The maximum atomic E-state index is 6.02. The fourth-order valence-corrected chi connectivity index (χ4v) is 4.51. The van der Waals surface area contributed by atoms with Gasteiger partial charge in [0.25, 0.3) is 0 Å². The highest BCUT2D eigenvalue weighted by Gasteiger charge is 2.12. The van der Waals surface area contributed by atoms with Crippen molar-refractivity contribution in [3.8, 4) is 5.75 Å². The van der Waals surface area contributed by atoms with E-state index in [2.05, 4.69) is 58.9 Å². The molecule has 1 aromatic heterocycles. The average Bonchev–Trinajstić information content (AvgIpc) is 2.92. The molecule has 4 rings (SSSR count). The van der Waals surface area contributed by atoms with E-state index in [4.69, 9.17) is 9.72 Å². The summed E-state index contributed by atoms with van der Waals surface area (Å²) in [6.07, 6.45) is 8.73. The second kappa shape index (κ2) is 10.6. The van der Waals surface area contributed by atoms with Gasteiger partial charge in [-0.2, -0.15) is 0 Å². The summed E-state index contributed by atoms with van der Waals surface area (Å²) in [7, 11) is 0. The van der Waals surface area contributed by atoms with E-state index >= 15 is 0 Å². The Bertz CT molecular complexity index is 925. The van der Waals surface area contributed by atoms with Gasteiger partial charge in [-0.3, -0.25) is 0 Å². The zero-order valence-corrected chi connectivity index (χ0v) is 18.4. The topological polar surface area (TPSA) is 30.3 Å². The maximum Gasteiger partial charge on any atom is 0.122 e. The van der Waals surface area contributed by atoms with Crippen molar-refractivity contribution in [1.82, 2.24) is 14.5 Å². The van der Waals surface area contributed by atoms with Gasteiger partial charge in [0, 0.05) is 13.0 Å². The number of fused-ring (bicyclic) bond motifs is 1. The smallest absolute Gasteiger partial charge is 0.122 e. The van der Waals surface area contributed by atoms with Gasteiger partial charge in [0.1, 0.15) is 11.6 Å². The lowest BCUT2D eigenvalue weighted by atomic mass is 10.2. The molecule has 30 heavy (non-hydrogen) atoms. The van der Waals surface area contributed by atoms with E-state index in [0.717, 1.165) is 37.3 Å². The van der Waals surface area contributed by atoms with Crippen molar-refractivity contribution in [2.24, 2.45) is 0 Å². The number of hydrogen-bond acceptors (Lipinski definition) is 3. The number of rotatable bonds is 9. The summed E-state index contributed by atoms with van der Waals surface area (Å²) in [4.78, 5) is 7.62. The summed E-state index contributed by atoms with van der Waals surface area (Å²) in [6, 6.07) is 16.8. The highest BCUT2D eigenvalue weighted by atomic mass is 16.5. The molecule has 1 aliphatic rings. The number of hydrogen-bond donors (Lipinski definition) is 0. The van der Waals surface area contributed by atoms with Gasteiger partial charge in [-0.25, -0.2) is 4.98 Å². The zero-order chi connectivity index (χ0) is 20.6. The third kappa shape index (κ3) is 5.42. The molecule has 0 amide bonds. The average molecular weight is 406 g/mol. The number of ether oxygens (including phenoxy) is 1. The van der Waals surface area contributed by atoms with E-state index in [1.165, 1.54) is 68.6 Å². The lowest BCUT2D eigenvalue weighted by Crippen LogP contribution is -2.26. The van der Waals surface area contributed by atoms with Gasteiger partial charge in [0.2, 0.25) is 0 Å². The molecule has 0 atom stereocenters. The number of aryl methyl sites for hydroxylation is 3. The highest BCUT2D eigenvalue weighted by Crippen LogP contribution is 2.20. The van der Waals surface area contributed by atoms with Crippen LogP contribution in [-0.2, 0) is 13.0 Å². The van der Waals surface area contributed by atoms with Gasteiger partial charge in [0.05, 0.1) is 17.6 Å². The molecule has 2 heterocycles. The Labute approximate surface area is 180 Å². The van der Waals surface area contributed by atoms with Gasteiger partial charge in [-0.05, 0) is 76.0 Å². The molecule has 0 aliphatic carbocycles. The van der Waals surface area contributed by atoms with Crippen LogP contribution in [0, 0.1) is 6.92 Å². The molecule has 3 aromatic rings. The Morgan fingerprint density at radius 1 is 0.867 bits per heavy atom. The monoisotopic (exact) mass is 405 g/mol. The van der Waals surface area contributed by atoms with Gasteiger partial charge < -0.3 is 14.2 Å². The lowest BCUT2D eigenvalue weighted by molar-refractivity contribution is 0.280. The van der Waals surface area contributed by atoms with E-state index in [0.29, 0.717) is 0 Å². The van der Waals surface area contributed by atoms with Crippen LogP contribution in [0.15, 0.2) is 48.5 Å². The van der Waals surface area contributed by atoms with Crippen molar-refractivity contribution in [2.45, 2.75) is 58.4 Å². The molecule has 0 bridgehead atoms. The number of para-hydroxylation sites is 3. The van der Waals surface area contributed by atoms with Crippen LogP contribution < -0.4 is 4.74 Å². The van der Waals surface area contributed by atoms with Crippen LogP contribution >= 0.6 is 0 Å². The summed E-state index contributed by atoms with van der Waals surface area (Å²) in [6.45, 7) is 7.51. The Morgan fingerprint density at radius 3 is 2.47 bits per heavy atom. The van der Waals surface area contributed by atoms with Crippen molar-refractivity contribution in [1.29, 1.82) is 0 Å². The zero-order valence-electron chi connectivity index (χ0n) is 18.4. The summed E-state index contributed by atoms with van der Waals surface area (Å²) >= 11 is 0. The SMILES string of the molecule is Cc1ccccc1OCCCn1c(CCCN2CCCCCC2)nc2ccccc21. The Kier molecular flexibility index (Phi) is 7.41. The minimum absolute atomic E-state index is 0.727. The van der Waals surface area contributed by atoms with Crippen LogP contribution in [0.4, 0.5) is 0 Å². The first-order valence-electron chi connectivity index (χ1n) is 11.7. The van der Waals surface area contributed by atoms with Crippen molar-refractivity contribution >= 4 is 11.0 Å². The second-order valence-electron chi connectivity index (χ2n) is 8.50. The Balaban J connectivity index is 1.35. The molecule has 0 N–H and O–H groups in total. The highest BCUT2D eigenvalue weighted by molar-refractivity contribution is 5.75. The third-order valence-electron chi connectivity index (χ3n) is 6.18. The molecule has 2 aromatic carbocycles. The predicted molar refractivity (Wildman–Crippen MR) is 124 cm³/mol. The van der Waals surface area contributed by atoms with E-state index < -0.39 is 0 Å². The van der Waals surface area contributed by atoms with Crippen molar-refractivity contribution < 1.29 is 4.74 Å².